The number of carbonyl (C=O) groups is 3. The first-order valence-electron chi connectivity index (χ1n) is 12.6. The normalized spacial score (nSPS) is 21.7. The number of hydrogen-bond acceptors (Lipinski definition) is 5. The molecule has 0 radical (unpaired) electrons. The maximum absolute atomic E-state index is 15.0. The third-order valence-electron chi connectivity index (χ3n) is 7.29. The zero-order valence-corrected chi connectivity index (χ0v) is 21.8. The highest BCUT2D eigenvalue weighted by atomic mass is 19.1. The monoisotopic (exact) mass is 498 g/mol. The lowest BCUT2D eigenvalue weighted by molar-refractivity contribution is -0.124. The summed E-state index contributed by atoms with van der Waals surface area (Å²) in [6, 6.07) is 5.55. The smallest absolute Gasteiger partial charge is 0.290 e. The number of likely N-dealkylation sites (tertiary alicyclic amines) is 1. The fourth-order valence-corrected chi connectivity index (χ4v) is 4.72. The number of hydrogen-bond donors (Lipinski definition) is 2. The molecule has 36 heavy (non-hydrogen) atoms. The lowest BCUT2D eigenvalue weighted by Crippen LogP contribution is -2.49. The minimum absolute atomic E-state index is 0.0417. The summed E-state index contributed by atoms with van der Waals surface area (Å²) in [5.41, 5.74) is -0.130. The Labute approximate surface area is 211 Å². The number of carbonyl (C=O) groups excluding carboxylic acids is 3. The molecule has 0 bridgehead atoms. The van der Waals surface area contributed by atoms with Crippen LogP contribution in [0.25, 0.3) is 0 Å². The summed E-state index contributed by atoms with van der Waals surface area (Å²) in [6.07, 6.45) is 2.81. The molecule has 3 amide bonds. The van der Waals surface area contributed by atoms with Gasteiger partial charge in [0.2, 0.25) is 11.7 Å². The molecule has 1 aliphatic heterocycles. The molecule has 2 aromatic rings. The van der Waals surface area contributed by atoms with E-state index in [9.17, 15) is 14.4 Å². The maximum atomic E-state index is 15.0. The average molecular weight is 499 g/mol. The van der Waals surface area contributed by atoms with Crippen LogP contribution in [0.4, 0.5) is 4.39 Å². The molecule has 0 spiro atoms. The average Bonchev–Trinajstić information content (AvgIpc) is 3.24. The first-order chi connectivity index (χ1) is 16.8. The minimum Gasteiger partial charge on any atom is -0.351 e. The van der Waals surface area contributed by atoms with Crippen molar-refractivity contribution in [3.63, 3.8) is 0 Å². The molecule has 194 valence electrons. The van der Waals surface area contributed by atoms with Crippen molar-refractivity contribution in [2.75, 3.05) is 0 Å². The Morgan fingerprint density at radius 2 is 1.78 bits per heavy atom. The van der Waals surface area contributed by atoms with E-state index in [-0.39, 0.29) is 34.7 Å². The van der Waals surface area contributed by atoms with Gasteiger partial charge in [-0.15, -0.1) is 0 Å². The minimum atomic E-state index is -1.06. The summed E-state index contributed by atoms with van der Waals surface area (Å²) in [6.45, 7) is 11.5. The lowest BCUT2D eigenvalue weighted by Gasteiger charge is -2.26. The fraction of sp³-hybridized carbons (Fsp3) is 0.556. The molecule has 1 saturated carbocycles. The zero-order valence-electron chi connectivity index (χ0n) is 21.8. The van der Waals surface area contributed by atoms with E-state index in [1.165, 1.54) is 6.07 Å². The van der Waals surface area contributed by atoms with Crippen LogP contribution in [0.1, 0.15) is 105 Å². The molecular formula is C27H35FN4O4. The van der Waals surface area contributed by atoms with E-state index in [2.05, 4.69) is 15.8 Å². The maximum Gasteiger partial charge on any atom is 0.290 e. The number of rotatable bonds is 6. The summed E-state index contributed by atoms with van der Waals surface area (Å²) in [5, 5.41) is 9.51. The second-order valence-electron chi connectivity index (χ2n) is 11.3. The molecule has 8 nitrogen and oxygen atoms in total. The van der Waals surface area contributed by atoms with Crippen LogP contribution in [0.15, 0.2) is 28.8 Å². The van der Waals surface area contributed by atoms with Crippen molar-refractivity contribution < 1.29 is 23.3 Å². The first-order valence-corrected chi connectivity index (χ1v) is 12.6. The Morgan fingerprint density at radius 1 is 1.14 bits per heavy atom. The SMILES string of the molecule is C[C@@H]1CC[C@H](C)N1C(=O)c1ccc([C@@H](C)NC(=O)C2(NC(=O)c3cc(C(C)(C)C)no3)CC2)c(F)c1. The fourth-order valence-electron chi connectivity index (χ4n) is 4.72. The van der Waals surface area contributed by atoms with Gasteiger partial charge in [0.1, 0.15) is 11.4 Å². The third kappa shape index (κ3) is 5.01. The molecule has 1 aromatic carbocycles. The van der Waals surface area contributed by atoms with E-state index in [0.29, 0.717) is 24.1 Å². The van der Waals surface area contributed by atoms with Crippen molar-refractivity contribution in [1.29, 1.82) is 0 Å². The number of amides is 3. The molecule has 1 aliphatic carbocycles. The summed E-state index contributed by atoms with van der Waals surface area (Å²) >= 11 is 0. The highest BCUT2D eigenvalue weighted by Gasteiger charge is 2.52. The highest BCUT2D eigenvalue weighted by molar-refractivity contribution is 5.99. The number of nitrogens with zero attached hydrogens (tertiary/aromatic N) is 2. The lowest BCUT2D eigenvalue weighted by atomic mass is 9.92. The van der Waals surface area contributed by atoms with E-state index in [1.807, 2.05) is 34.6 Å². The van der Waals surface area contributed by atoms with Crippen molar-refractivity contribution in [2.45, 2.75) is 96.3 Å². The molecule has 1 aromatic heterocycles. The van der Waals surface area contributed by atoms with Gasteiger partial charge in [-0.2, -0.15) is 0 Å². The molecule has 2 heterocycles. The Morgan fingerprint density at radius 3 is 2.31 bits per heavy atom. The second-order valence-corrected chi connectivity index (χ2v) is 11.3. The quantitative estimate of drug-likeness (QED) is 0.619. The summed E-state index contributed by atoms with van der Waals surface area (Å²) < 4.78 is 20.2. The number of nitrogens with one attached hydrogen (secondary N) is 2. The largest absolute Gasteiger partial charge is 0.351 e. The molecule has 9 heteroatoms. The second kappa shape index (κ2) is 9.33. The van der Waals surface area contributed by atoms with Gasteiger partial charge in [-0.3, -0.25) is 14.4 Å². The number of halogens is 1. The molecule has 2 aliphatic rings. The van der Waals surface area contributed by atoms with Crippen molar-refractivity contribution in [2.24, 2.45) is 0 Å². The molecule has 0 unspecified atom stereocenters. The molecule has 2 fully saturated rings. The van der Waals surface area contributed by atoms with E-state index >= 15 is 4.39 Å². The van der Waals surface area contributed by atoms with Crippen LogP contribution in [-0.2, 0) is 10.2 Å². The predicted molar refractivity (Wildman–Crippen MR) is 132 cm³/mol. The number of benzene rings is 1. The van der Waals surface area contributed by atoms with Crippen molar-refractivity contribution in [1.82, 2.24) is 20.7 Å². The first kappa shape index (κ1) is 25.9. The Kier molecular flexibility index (Phi) is 6.70. The topological polar surface area (TPSA) is 105 Å². The van der Waals surface area contributed by atoms with Crippen LogP contribution in [0.2, 0.25) is 0 Å². The van der Waals surface area contributed by atoms with Crippen molar-refractivity contribution in [3.05, 3.63) is 52.7 Å². The predicted octanol–water partition coefficient (Wildman–Crippen LogP) is 4.26. The van der Waals surface area contributed by atoms with Crippen molar-refractivity contribution in [3.8, 4) is 0 Å². The van der Waals surface area contributed by atoms with Crippen LogP contribution < -0.4 is 10.6 Å². The molecular weight excluding hydrogens is 463 g/mol. The van der Waals surface area contributed by atoms with E-state index in [1.54, 1.807) is 30.0 Å². The molecule has 3 atom stereocenters. The van der Waals surface area contributed by atoms with Gasteiger partial charge in [0, 0.05) is 34.7 Å². The molecule has 1 saturated heterocycles. The van der Waals surface area contributed by atoms with Gasteiger partial charge in [-0.1, -0.05) is 32.0 Å². The van der Waals surface area contributed by atoms with Crippen LogP contribution in [0.3, 0.4) is 0 Å². The third-order valence-corrected chi connectivity index (χ3v) is 7.29. The summed E-state index contributed by atoms with van der Waals surface area (Å²) in [7, 11) is 0. The Bertz CT molecular complexity index is 1170. The van der Waals surface area contributed by atoms with Crippen LogP contribution in [0, 0.1) is 5.82 Å². The van der Waals surface area contributed by atoms with E-state index < -0.39 is 29.2 Å². The van der Waals surface area contributed by atoms with Crippen LogP contribution in [0.5, 0.6) is 0 Å². The van der Waals surface area contributed by atoms with Crippen LogP contribution >= 0.6 is 0 Å². The van der Waals surface area contributed by atoms with Gasteiger partial charge in [-0.25, -0.2) is 4.39 Å². The summed E-state index contributed by atoms with van der Waals surface area (Å²) in [5.74, 6) is -1.61. The standard InChI is InChI=1S/C27H35FN4O4/c1-15-7-8-16(2)32(15)24(34)18-9-10-19(20(28)13-18)17(3)29-25(35)27(11-12-27)30-23(33)21-14-22(31-36-21)26(4,5)6/h9-10,13-17H,7-8,11-12H2,1-6H3,(H,29,35)(H,30,33)/t15-,16+,17-/m1/s1. The number of aromatic nitrogens is 1. The molecule has 2 N–H and O–H groups in total. The van der Waals surface area contributed by atoms with Crippen LogP contribution in [-0.4, -0.2) is 45.4 Å². The van der Waals surface area contributed by atoms with E-state index in [4.69, 9.17) is 4.52 Å². The zero-order chi connectivity index (χ0) is 26.4. The van der Waals surface area contributed by atoms with Crippen molar-refractivity contribution >= 4 is 17.7 Å². The molecule has 4 rings (SSSR count). The van der Waals surface area contributed by atoms with Gasteiger partial charge >= 0.3 is 0 Å². The summed E-state index contributed by atoms with van der Waals surface area (Å²) in [4.78, 5) is 40.4. The van der Waals surface area contributed by atoms with Gasteiger partial charge < -0.3 is 20.1 Å². The van der Waals surface area contributed by atoms with Gasteiger partial charge in [-0.05, 0) is 58.6 Å². The van der Waals surface area contributed by atoms with Gasteiger partial charge in [0.05, 0.1) is 11.7 Å². The van der Waals surface area contributed by atoms with Gasteiger partial charge in [0.25, 0.3) is 11.8 Å². The Balaban J connectivity index is 1.41. The van der Waals surface area contributed by atoms with E-state index in [0.717, 1.165) is 12.8 Å². The Hall–Kier alpha value is -3.23. The van der Waals surface area contributed by atoms with Gasteiger partial charge in [0.15, 0.2) is 0 Å². The highest BCUT2D eigenvalue weighted by Crippen LogP contribution is 2.37.